The van der Waals surface area contributed by atoms with E-state index in [0.29, 0.717) is 6.42 Å². The molecule has 0 bridgehead atoms. The second kappa shape index (κ2) is 4.97. The zero-order chi connectivity index (χ0) is 9.90. The molecule has 1 rings (SSSR count). The van der Waals surface area contributed by atoms with Crippen molar-refractivity contribution in [3.05, 3.63) is 18.2 Å². The van der Waals surface area contributed by atoms with Crippen LogP contribution in [0.25, 0.3) is 0 Å². The summed E-state index contributed by atoms with van der Waals surface area (Å²) in [7, 11) is 1.32. The topological polar surface area (TPSA) is 81.0 Å². The molecule has 80 valence electrons. The molecule has 0 aromatic carbocycles. The van der Waals surface area contributed by atoms with Gasteiger partial charge < -0.3 is 15.5 Å². The second-order valence-corrected chi connectivity index (χ2v) is 3.16. The molecule has 1 atom stereocenters. The van der Waals surface area contributed by atoms with Gasteiger partial charge in [-0.3, -0.25) is 4.79 Å². The van der Waals surface area contributed by atoms with E-state index in [2.05, 4.69) is 14.7 Å². The van der Waals surface area contributed by atoms with Crippen LogP contribution >= 0.6 is 12.4 Å². The first-order valence-electron chi connectivity index (χ1n) is 3.91. The molecule has 0 aliphatic heterocycles. The fourth-order valence-electron chi connectivity index (χ4n) is 1.08. The van der Waals surface area contributed by atoms with Crippen LogP contribution < -0.4 is 5.73 Å². The van der Waals surface area contributed by atoms with Crippen LogP contribution in [-0.2, 0) is 16.0 Å². The number of nitrogens with two attached hydrogens (primary N) is 1. The van der Waals surface area contributed by atoms with E-state index in [1.807, 2.05) is 0 Å². The number of imidazole rings is 1. The average Bonchev–Trinajstić information content (AvgIpc) is 2.54. The molecule has 1 unspecified atom stereocenters. The molecule has 0 aliphatic carbocycles. The van der Waals surface area contributed by atoms with Gasteiger partial charge in [0.2, 0.25) is 0 Å². The molecule has 0 saturated carbocycles. The van der Waals surface area contributed by atoms with Gasteiger partial charge in [-0.1, -0.05) is 0 Å². The van der Waals surface area contributed by atoms with Crippen LogP contribution in [0.15, 0.2) is 12.5 Å². The highest BCUT2D eigenvalue weighted by Crippen LogP contribution is 2.09. The van der Waals surface area contributed by atoms with Gasteiger partial charge in [-0.25, -0.2) is 4.98 Å². The number of methoxy groups -OCH3 is 1. The second-order valence-electron chi connectivity index (χ2n) is 3.16. The number of nitrogens with one attached hydrogen (secondary N) is 1. The van der Waals surface area contributed by atoms with Gasteiger partial charge >= 0.3 is 5.97 Å². The van der Waals surface area contributed by atoms with Crippen molar-refractivity contribution in [3.63, 3.8) is 0 Å². The summed E-state index contributed by atoms with van der Waals surface area (Å²) in [5.41, 5.74) is 5.56. The van der Waals surface area contributed by atoms with Crippen LogP contribution in [0.5, 0.6) is 0 Å². The van der Waals surface area contributed by atoms with Crippen LogP contribution in [0, 0.1) is 0 Å². The van der Waals surface area contributed by atoms with Gasteiger partial charge in [0.1, 0.15) is 5.54 Å². The van der Waals surface area contributed by atoms with Crippen molar-refractivity contribution in [2.75, 3.05) is 7.11 Å². The van der Waals surface area contributed by atoms with Gasteiger partial charge in [-0.05, 0) is 6.92 Å². The van der Waals surface area contributed by atoms with E-state index in [1.165, 1.54) is 7.11 Å². The minimum absolute atomic E-state index is 0. The first-order valence-corrected chi connectivity index (χ1v) is 3.91. The lowest BCUT2D eigenvalue weighted by Crippen LogP contribution is -2.47. The maximum Gasteiger partial charge on any atom is 0.325 e. The zero-order valence-electron chi connectivity index (χ0n) is 8.11. The summed E-state index contributed by atoms with van der Waals surface area (Å²) in [5.74, 6) is -0.429. The van der Waals surface area contributed by atoms with Crippen molar-refractivity contribution in [3.8, 4) is 0 Å². The minimum atomic E-state index is -0.999. The Balaban J connectivity index is 0.00000169. The molecule has 0 spiro atoms. The molecular weight excluding hydrogens is 206 g/mol. The van der Waals surface area contributed by atoms with E-state index in [0.717, 1.165) is 5.69 Å². The largest absolute Gasteiger partial charge is 0.468 e. The Labute approximate surface area is 88.5 Å². The minimum Gasteiger partial charge on any atom is -0.468 e. The van der Waals surface area contributed by atoms with Gasteiger partial charge in [-0.2, -0.15) is 0 Å². The number of aromatic amines is 1. The number of hydrogen-bond acceptors (Lipinski definition) is 4. The SMILES string of the molecule is COC(=O)C(C)(N)Cc1cnc[nH]1.Cl. The molecule has 0 amide bonds. The lowest BCUT2D eigenvalue weighted by Gasteiger charge is -2.20. The summed E-state index contributed by atoms with van der Waals surface area (Å²) in [4.78, 5) is 17.9. The van der Waals surface area contributed by atoms with E-state index in [9.17, 15) is 4.79 Å². The Hall–Kier alpha value is -1.07. The van der Waals surface area contributed by atoms with Crippen LogP contribution in [-0.4, -0.2) is 28.6 Å². The third-order valence-corrected chi connectivity index (χ3v) is 1.76. The van der Waals surface area contributed by atoms with E-state index < -0.39 is 11.5 Å². The highest BCUT2D eigenvalue weighted by Gasteiger charge is 2.30. The lowest BCUT2D eigenvalue weighted by molar-refractivity contribution is -0.146. The number of ether oxygens (including phenoxy) is 1. The normalized spacial score (nSPS) is 13.9. The Kier molecular flexibility index (Phi) is 4.59. The smallest absolute Gasteiger partial charge is 0.325 e. The molecule has 1 heterocycles. The number of halogens is 1. The van der Waals surface area contributed by atoms with Crippen molar-refractivity contribution in [1.29, 1.82) is 0 Å². The molecular formula is C8H14ClN3O2. The molecule has 6 heteroatoms. The van der Waals surface area contributed by atoms with E-state index in [1.54, 1.807) is 19.4 Å². The number of esters is 1. The van der Waals surface area contributed by atoms with Gasteiger partial charge in [0, 0.05) is 18.3 Å². The van der Waals surface area contributed by atoms with E-state index in [4.69, 9.17) is 5.73 Å². The zero-order valence-corrected chi connectivity index (χ0v) is 8.93. The summed E-state index contributed by atoms with van der Waals surface area (Å²) in [6, 6.07) is 0. The molecule has 0 fully saturated rings. The van der Waals surface area contributed by atoms with Crippen molar-refractivity contribution in [2.24, 2.45) is 5.73 Å². The van der Waals surface area contributed by atoms with Gasteiger partial charge in [0.25, 0.3) is 0 Å². The number of carbonyl (C=O) groups excluding carboxylic acids is 1. The third-order valence-electron chi connectivity index (χ3n) is 1.76. The first kappa shape index (κ1) is 12.9. The van der Waals surface area contributed by atoms with Crippen molar-refractivity contribution >= 4 is 18.4 Å². The van der Waals surface area contributed by atoms with Crippen molar-refractivity contribution in [2.45, 2.75) is 18.9 Å². The number of hydrogen-bond donors (Lipinski definition) is 2. The monoisotopic (exact) mass is 219 g/mol. The Bertz CT molecular complexity index is 285. The number of nitrogens with zero attached hydrogens (tertiary/aromatic N) is 1. The van der Waals surface area contributed by atoms with Gasteiger partial charge in [-0.15, -0.1) is 12.4 Å². The van der Waals surface area contributed by atoms with Crippen LogP contribution in [0.2, 0.25) is 0 Å². The first-order chi connectivity index (χ1) is 6.06. The molecule has 0 saturated heterocycles. The molecule has 0 aliphatic rings. The van der Waals surface area contributed by atoms with Gasteiger partial charge in [0.05, 0.1) is 13.4 Å². The Morgan fingerprint density at radius 1 is 1.79 bits per heavy atom. The number of rotatable bonds is 3. The summed E-state index contributed by atoms with van der Waals surface area (Å²) >= 11 is 0. The number of H-pyrrole nitrogens is 1. The number of carbonyl (C=O) groups is 1. The van der Waals surface area contributed by atoms with Crippen molar-refractivity contribution < 1.29 is 9.53 Å². The average molecular weight is 220 g/mol. The highest BCUT2D eigenvalue weighted by atomic mass is 35.5. The van der Waals surface area contributed by atoms with Gasteiger partial charge in [0.15, 0.2) is 0 Å². The standard InChI is InChI=1S/C8H13N3O2.ClH/c1-8(9,7(12)13-2)3-6-4-10-5-11-6;/h4-5H,3,9H2,1-2H3,(H,10,11);1H. The maximum absolute atomic E-state index is 11.2. The lowest BCUT2D eigenvalue weighted by atomic mass is 9.98. The predicted molar refractivity (Wildman–Crippen MR) is 54.1 cm³/mol. The van der Waals surface area contributed by atoms with E-state index >= 15 is 0 Å². The Morgan fingerprint density at radius 2 is 2.43 bits per heavy atom. The quantitative estimate of drug-likeness (QED) is 0.715. The Morgan fingerprint density at radius 3 is 2.86 bits per heavy atom. The molecule has 3 N–H and O–H groups in total. The molecule has 14 heavy (non-hydrogen) atoms. The fourth-order valence-corrected chi connectivity index (χ4v) is 1.08. The van der Waals surface area contributed by atoms with E-state index in [-0.39, 0.29) is 12.4 Å². The molecule has 5 nitrogen and oxygen atoms in total. The maximum atomic E-state index is 11.2. The third kappa shape index (κ3) is 3.01. The van der Waals surface area contributed by atoms with Crippen LogP contribution in [0.1, 0.15) is 12.6 Å². The summed E-state index contributed by atoms with van der Waals surface area (Å²) in [6.45, 7) is 1.62. The highest BCUT2D eigenvalue weighted by molar-refractivity contribution is 5.85. The molecule has 1 aromatic rings. The molecule has 0 radical (unpaired) electrons. The predicted octanol–water partition coefficient (Wildman–Crippen LogP) is 0.264. The fraction of sp³-hybridized carbons (Fsp3) is 0.500. The van der Waals surface area contributed by atoms with Crippen LogP contribution in [0.4, 0.5) is 0 Å². The summed E-state index contributed by atoms with van der Waals surface area (Å²) in [6.07, 6.45) is 3.57. The molecule has 1 aromatic heterocycles. The number of aromatic nitrogens is 2. The summed E-state index contributed by atoms with van der Waals surface area (Å²) in [5, 5.41) is 0. The van der Waals surface area contributed by atoms with Crippen LogP contribution in [0.3, 0.4) is 0 Å². The van der Waals surface area contributed by atoms with Crippen molar-refractivity contribution in [1.82, 2.24) is 9.97 Å². The summed E-state index contributed by atoms with van der Waals surface area (Å²) < 4.78 is 4.57.